The van der Waals surface area contributed by atoms with E-state index in [1.165, 1.54) is 5.56 Å². The van der Waals surface area contributed by atoms with Crippen LogP contribution in [0.5, 0.6) is 0 Å². The summed E-state index contributed by atoms with van der Waals surface area (Å²) in [6.07, 6.45) is -2.99. The minimum atomic E-state index is -1.08. The molecule has 0 saturated carbocycles. The number of halogens is 1. The van der Waals surface area contributed by atoms with Crippen molar-refractivity contribution in [3.05, 3.63) is 35.4 Å². The molecule has 2 bridgehead atoms. The standard InChI is InChI=1S/C17H25NO5S.ClH/c18-8-11-4-1-2-5-12(11)9-24-10-13-16-14(19)15(20)17(23-13)22-7-3-6-21-16;/h1-2,4-5,13-17,19-20H,3,6-10,18H2;1H. The normalized spacial score (nSPS) is 32.4. The molecule has 3 heterocycles. The summed E-state index contributed by atoms with van der Waals surface area (Å²) in [6.45, 7) is 1.45. The number of fused-ring (bicyclic) bond motifs is 6. The van der Waals surface area contributed by atoms with Crippen LogP contribution in [0.2, 0.25) is 0 Å². The predicted molar refractivity (Wildman–Crippen MR) is 98.7 cm³/mol. The van der Waals surface area contributed by atoms with Crippen LogP contribution in [0.25, 0.3) is 0 Å². The van der Waals surface area contributed by atoms with Crippen LogP contribution in [-0.2, 0) is 26.5 Å². The monoisotopic (exact) mass is 391 g/mol. The number of nitrogens with two attached hydrogens (primary N) is 1. The Balaban J connectivity index is 0.00000225. The molecule has 3 saturated heterocycles. The molecular weight excluding hydrogens is 366 g/mol. The van der Waals surface area contributed by atoms with Gasteiger partial charge in [-0.2, -0.15) is 11.8 Å². The van der Waals surface area contributed by atoms with Gasteiger partial charge in [-0.05, 0) is 17.5 Å². The molecule has 0 aliphatic carbocycles. The fraction of sp³-hybridized carbons (Fsp3) is 0.647. The highest BCUT2D eigenvalue weighted by Crippen LogP contribution is 2.29. The number of rotatable bonds is 5. The van der Waals surface area contributed by atoms with Crippen molar-refractivity contribution >= 4 is 24.2 Å². The van der Waals surface area contributed by atoms with Crippen molar-refractivity contribution in [1.82, 2.24) is 0 Å². The summed E-state index contributed by atoms with van der Waals surface area (Å²) in [5.74, 6) is 1.46. The lowest BCUT2D eigenvalue weighted by Gasteiger charge is -2.41. The smallest absolute Gasteiger partial charge is 0.186 e. The van der Waals surface area contributed by atoms with E-state index >= 15 is 0 Å². The number of aliphatic hydroxyl groups excluding tert-OH is 2. The Kier molecular flexibility index (Phi) is 8.44. The van der Waals surface area contributed by atoms with E-state index in [1.807, 2.05) is 18.2 Å². The zero-order valence-corrected chi connectivity index (χ0v) is 15.6. The SMILES string of the molecule is Cl.NCc1ccccc1CSCC1OC2OCCCOC1C(O)C2O. The van der Waals surface area contributed by atoms with Gasteiger partial charge in [0.25, 0.3) is 0 Å². The van der Waals surface area contributed by atoms with Crippen LogP contribution < -0.4 is 5.73 Å². The molecule has 1 aromatic rings. The molecule has 3 aliphatic heterocycles. The van der Waals surface area contributed by atoms with Crippen LogP contribution in [0.3, 0.4) is 0 Å². The van der Waals surface area contributed by atoms with Gasteiger partial charge in [-0.3, -0.25) is 0 Å². The van der Waals surface area contributed by atoms with Crippen LogP contribution >= 0.6 is 24.2 Å². The van der Waals surface area contributed by atoms with Crippen LogP contribution in [0.15, 0.2) is 24.3 Å². The van der Waals surface area contributed by atoms with Crippen LogP contribution in [0, 0.1) is 0 Å². The van der Waals surface area contributed by atoms with E-state index in [1.54, 1.807) is 11.8 Å². The summed E-state index contributed by atoms with van der Waals surface area (Å²) >= 11 is 1.70. The molecule has 3 fully saturated rings. The van der Waals surface area contributed by atoms with Gasteiger partial charge in [0.05, 0.1) is 12.7 Å². The Morgan fingerprint density at radius 3 is 2.56 bits per heavy atom. The lowest BCUT2D eigenvalue weighted by molar-refractivity contribution is -0.289. The third-order valence-corrected chi connectivity index (χ3v) is 5.48. The molecule has 25 heavy (non-hydrogen) atoms. The maximum atomic E-state index is 10.3. The fourth-order valence-corrected chi connectivity index (χ4v) is 4.16. The largest absolute Gasteiger partial charge is 0.387 e. The fourth-order valence-electron chi connectivity index (χ4n) is 3.04. The van der Waals surface area contributed by atoms with Gasteiger partial charge in [-0.15, -0.1) is 12.4 Å². The predicted octanol–water partition coefficient (Wildman–Crippen LogP) is 1.05. The molecule has 6 nitrogen and oxygen atoms in total. The average Bonchev–Trinajstić information content (AvgIpc) is 2.74. The molecule has 1 aromatic carbocycles. The minimum absolute atomic E-state index is 0. The number of thioether (sulfide) groups is 1. The summed E-state index contributed by atoms with van der Waals surface area (Å²) in [5.41, 5.74) is 8.11. The van der Waals surface area contributed by atoms with E-state index in [-0.39, 0.29) is 18.5 Å². The molecule has 4 N–H and O–H groups in total. The number of aliphatic hydroxyl groups is 2. The lowest BCUT2D eigenvalue weighted by Crippen LogP contribution is -2.59. The third-order valence-electron chi connectivity index (χ3n) is 4.40. The Bertz CT molecular complexity index is 536. The van der Waals surface area contributed by atoms with Gasteiger partial charge in [0.1, 0.15) is 18.3 Å². The summed E-state index contributed by atoms with van der Waals surface area (Å²) in [4.78, 5) is 0. The van der Waals surface area contributed by atoms with Crippen molar-refractivity contribution in [2.24, 2.45) is 5.73 Å². The summed E-state index contributed by atoms with van der Waals surface area (Å²) in [5, 5.41) is 20.4. The third kappa shape index (κ3) is 5.08. The number of ether oxygens (including phenoxy) is 3. The Morgan fingerprint density at radius 2 is 1.80 bits per heavy atom. The van der Waals surface area contributed by atoms with Gasteiger partial charge in [0.2, 0.25) is 0 Å². The molecule has 142 valence electrons. The topological polar surface area (TPSA) is 94.2 Å². The van der Waals surface area contributed by atoms with Crippen molar-refractivity contribution < 1.29 is 24.4 Å². The molecule has 3 aliphatic rings. The zero-order valence-electron chi connectivity index (χ0n) is 14.0. The van der Waals surface area contributed by atoms with E-state index in [9.17, 15) is 10.2 Å². The van der Waals surface area contributed by atoms with Crippen LogP contribution in [-0.4, -0.2) is 59.9 Å². The second kappa shape index (κ2) is 10.1. The average molecular weight is 392 g/mol. The first kappa shape index (κ1) is 20.9. The second-order valence-corrected chi connectivity index (χ2v) is 7.10. The highest BCUT2D eigenvalue weighted by Gasteiger charge is 2.46. The van der Waals surface area contributed by atoms with Gasteiger partial charge in [-0.1, -0.05) is 24.3 Å². The van der Waals surface area contributed by atoms with Crippen molar-refractivity contribution in [1.29, 1.82) is 0 Å². The molecular formula is C17H26ClNO5S. The summed E-state index contributed by atoms with van der Waals surface area (Å²) in [7, 11) is 0. The first-order valence-electron chi connectivity index (χ1n) is 8.30. The van der Waals surface area contributed by atoms with Crippen molar-refractivity contribution in [3.8, 4) is 0 Å². The highest BCUT2D eigenvalue weighted by atomic mass is 35.5. The molecule has 0 radical (unpaired) electrons. The molecule has 4 rings (SSSR count). The molecule has 8 heteroatoms. The highest BCUT2D eigenvalue weighted by molar-refractivity contribution is 7.98. The van der Waals surface area contributed by atoms with Crippen molar-refractivity contribution in [2.75, 3.05) is 19.0 Å². The van der Waals surface area contributed by atoms with E-state index in [0.717, 1.165) is 17.7 Å². The first-order chi connectivity index (χ1) is 11.7. The van der Waals surface area contributed by atoms with E-state index in [2.05, 4.69) is 6.07 Å². The van der Waals surface area contributed by atoms with Gasteiger partial charge < -0.3 is 30.2 Å². The Morgan fingerprint density at radius 1 is 1.08 bits per heavy atom. The molecule has 0 spiro atoms. The quantitative estimate of drug-likeness (QED) is 0.690. The van der Waals surface area contributed by atoms with Crippen LogP contribution in [0.4, 0.5) is 0 Å². The van der Waals surface area contributed by atoms with Gasteiger partial charge in [0.15, 0.2) is 6.29 Å². The maximum absolute atomic E-state index is 10.3. The maximum Gasteiger partial charge on any atom is 0.186 e. The molecule has 0 aromatic heterocycles. The molecule has 5 atom stereocenters. The van der Waals surface area contributed by atoms with Crippen LogP contribution in [0.1, 0.15) is 17.5 Å². The number of hydrogen-bond donors (Lipinski definition) is 3. The molecule has 5 unspecified atom stereocenters. The molecule has 0 amide bonds. The first-order valence-corrected chi connectivity index (χ1v) is 9.45. The Hall–Kier alpha value is -0.380. The lowest BCUT2D eigenvalue weighted by atomic mass is 10.00. The van der Waals surface area contributed by atoms with Gasteiger partial charge >= 0.3 is 0 Å². The second-order valence-electron chi connectivity index (χ2n) is 6.07. The van der Waals surface area contributed by atoms with Gasteiger partial charge in [0, 0.05) is 24.7 Å². The van der Waals surface area contributed by atoms with E-state index in [4.69, 9.17) is 19.9 Å². The zero-order chi connectivity index (χ0) is 16.9. The number of hydrogen-bond acceptors (Lipinski definition) is 7. The summed E-state index contributed by atoms with van der Waals surface area (Å²) in [6, 6.07) is 8.10. The van der Waals surface area contributed by atoms with E-state index in [0.29, 0.717) is 25.5 Å². The van der Waals surface area contributed by atoms with Crippen molar-refractivity contribution in [3.63, 3.8) is 0 Å². The Labute approximate surface area is 158 Å². The minimum Gasteiger partial charge on any atom is -0.387 e. The van der Waals surface area contributed by atoms with Crippen molar-refractivity contribution in [2.45, 2.75) is 49.4 Å². The summed E-state index contributed by atoms with van der Waals surface area (Å²) < 4.78 is 17.1. The van der Waals surface area contributed by atoms with E-state index < -0.39 is 24.6 Å². The number of benzene rings is 1. The van der Waals surface area contributed by atoms with Gasteiger partial charge in [-0.25, -0.2) is 0 Å².